The van der Waals surface area contributed by atoms with E-state index in [4.69, 9.17) is 4.74 Å². The molecule has 116 valence electrons. The number of hydrogen-bond acceptors (Lipinski definition) is 4. The van der Waals surface area contributed by atoms with Gasteiger partial charge in [-0.25, -0.2) is 13.1 Å². The predicted molar refractivity (Wildman–Crippen MR) is 83.0 cm³/mol. The number of rotatable bonds is 9. The van der Waals surface area contributed by atoms with Gasteiger partial charge in [0.05, 0.1) is 11.5 Å². The maximum absolute atomic E-state index is 12.0. The van der Waals surface area contributed by atoms with E-state index in [2.05, 4.69) is 10.0 Å². The van der Waals surface area contributed by atoms with Crippen molar-refractivity contribution in [2.24, 2.45) is 0 Å². The fourth-order valence-corrected chi connectivity index (χ4v) is 2.68. The molecule has 7 heteroatoms. The van der Waals surface area contributed by atoms with E-state index < -0.39 is 10.0 Å². The summed E-state index contributed by atoms with van der Waals surface area (Å²) in [5.74, 6) is 0. The SMILES string of the molecule is CNCCCNS(=O)(=O)c1ccc(CCOC)cc1.Cl. The van der Waals surface area contributed by atoms with Crippen LogP contribution in [0.25, 0.3) is 0 Å². The van der Waals surface area contributed by atoms with Crippen molar-refractivity contribution < 1.29 is 13.2 Å². The first kappa shape index (κ1) is 19.3. The Morgan fingerprint density at radius 2 is 1.80 bits per heavy atom. The lowest BCUT2D eigenvalue weighted by molar-refractivity contribution is 0.202. The van der Waals surface area contributed by atoms with Crippen LogP contribution in [-0.4, -0.2) is 42.3 Å². The number of benzene rings is 1. The van der Waals surface area contributed by atoms with Crippen molar-refractivity contribution in [3.8, 4) is 0 Å². The van der Waals surface area contributed by atoms with E-state index in [-0.39, 0.29) is 12.4 Å². The molecular weight excluding hydrogens is 300 g/mol. The van der Waals surface area contributed by atoms with Crippen molar-refractivity contribution in [2.75, 3.05) is 33.9 Å². The Hall–Kier alpha value is -0.660. The van der Waals surface area contributed by atoms with Crippen LogP contribution < -0.4 is 10.0 Å². The second-order valence-corrected chi connectivity index (χ2v) is 6.01. The summed E-state index contributed by atoms with van der Waals surface area (Å²) in [4.78, 5) is 0.304. The van der Waals surface area contributed by atoms with Crippen molar-refractivity contribution >= 4 is 22.4 Å². The Balaban J connectivity index is 0.00000361. The topological polar surface area (TPSA) is 67.4 Å². The van der Waals surface area contributed by atoms with E-state index in [1.54, 1.807) is 19.2 Å². The molecule has 5 nitrogen and oxygen atoms in total. The van der Waals surface area contributed by atoms with E-state index in [0.717, 1.165) is 24.9 Å². The largest absolute Gasteiger partial charge is 0.384 e. The van der Waals surface area contributed by atoms with Crippen LogP contribution in [0.4, 0.5) is 0 Å². The molecule has 1 aromatic carbocycles. The molecule has 0 aliphatic heterocycles. The van der Waals surface area contributed by atoms with Crippen LogP contribution in [0.1, 0.15) is 12.0 Å². The molecule has 2 N–H and O–H groups in total. The van der Waals surface area contributed by atoms with E-state index in [1.807, 2.05) is 19.2 Å². The van der Waals surface area contributed by atoms with Crippen LogP contribution in [0.3, 0.4) is 0 Å². The zero-order valence-electron chi connectivity index (χ0n) is 11.9. The fraction of sp³-hybridized carbons (Fsp3) is 0.538. The molecule has 0 heterocycles. The van der Waals surface area contributed by atoms with Gasteiger partial charge >= 0.3 is 0 Å². The van der Waals surface area contributed by atoms with Crippen molar-refractivity contribution in [1.29, 1.82) is 0 Å². The molecule has 0 aliphatic rings. The maximum atomic E-state index is 12.0. The molecule has 0 amide bonds. The first-order chi connectivity index (χ1) is 9.10. The number of ether oxygens (including phenoxy) is 1. The van der Waals surface area contributed by atoms with Crippen molar-refractivity contribution in [2.45, 2.75) is 17.7 Å². The van der Waals surface area contributed by atoms with E-state index in [9.17, 15) is 8.42 Å². The van der Waals surface area contributed by atoms with Crippen molar-refractivity contribution in [3.63, 3.8) is 0 Å². The summed E-state index contributed by atoms with van der Waals surface area (Å²) in [7, 11) is 0.100. The van der Waals surface area contributed by atoms with Gasteiger partial charge < -0.3 is 10.1 Å². The zero-order valence-corrected chi connectivity index (χ0v) is 13.5. The van der Waals surface area contributed by atoms with Crippen molar-refractivity contribution in [3.05, 3.63) is 29.8 Å². The molecule has 0 aromatic heterocycles. The average Bonchev–Trinajstić information content (AvgIpc) is 2.42. The van der Waals surface area contributed by atoms with Gasteiger partial charge in [-0.15, -0.1) is 12.4 Å². The smallest absolute Gasteiger partial charge is 0.240 e. The Morgan fingerprint density at radius 3 is 2.35 bits per heavy atom. The average molecular weight is 323 g/mol. The molecule has 20 heavy (non-hydrogen) atoms. The molecule has 0 radical (unpaired) electrons. The summed E-state index contributed by atoms with van der Waals surface area (Å²) >= 11 is 0. The van der Waals surface area contributed by atoms with Gasteiger partial charge in [0.1, 0.15) is 0 Å². The standard InChI is InChI=1S/C13H22N2O3S.ClH/c1-14-9-3-10-15-19(16,17)13-6-4-12(5-7-13)8-11-18-2;/h4-7,14-15H,3,8-11H2,1-2H3;1H. The second-order valence-electron chi connectivity index (χ2n) is 4.24. The molecule has 0 spiro atoms. The van der Waals surface area contributed by atoms with Crippen LogP contribution in [0.15, 0.2) is 29.2 Å². The molecular formula is C13H23ClN2O3S. The van der Waals surface area contributed by atoms with Gasteiger partial charge in [0.2, 0.25) is 10.0 Å². The van der Waals surface area contributed by atoms with E-state index >= 15 is 0 Å². The summed E-state index contributed by atoms with van der Waals surface area (Å²) in [6, 6.07) is 6.90. The number of halogens is 1. The summed E-state index contributed by atoms with van der Waals surface area (Å²) in [5, 5.41) is 2.97. The lowest BCUT2D eigenvalue weighted by Crippen LogP contribution is -2.26. The highest BCUT2D eigenvalue weighted by Gasteiger charge is 2.12. The first-order valence-electron chi connectivity index (χ1n) is 6.32. The summed E-state index contributed by atoms with van der Waals surface area (Å²) in [6.45, 7) is 1.86. The Kier molecular flexibility index (Phi) is 9.79. The third kappa shape index (κ3) is 6.67. The number of sulfonamides is 1. The van der Waals surface area contributed by atoms with Gasteiger partial charge in [0.25, 0.3) is 0 Å². The highest BCUT2D eigenvalue weighted by molar-refractivity contribution is 7.89. The molecule has 0 atom stereocenters. The van der Waals surface area contributed by atoms with Gasteiger partial charge in [-0.3, -0.25) is 0 Å². The van der Waals surface area contributed by atoms with Gasteiger partial charge in [-0.1, -0.05) is 12.1 Å². The first-order valence-corrected chi connectivity index (χ1v) is 7.80. The molecule has 0 saturated carbocycles. The highest BCUT2D eigenvalue weighted by atomic mass is 35.5. The summed E-state index contributed by atoms with van der Waals surface area (Å²) < 4.78 is 31.5. The van der Waals surface area contributed by atoms with E-state index in [0.29, 0.717) is 18.0 Å². The monoisotopic (exact) mass is 322 g/mol. The summed E-state index contributed by atoms with van der Waals surface area (Å²) in [5.41, 5.74) is 1.07. The van der Waals surface area contributed by atoms with Crippen LogP contribution in [0.5, 0.6) is 0 Å². The van der Waals surface area contributed by atoms with E-state index in [1.165, 1.54) is 0 Å². The molecule has 1 aromatic rings. The second kappa shape index (κ2) is 10.1. The van der Waals surface area contributed by atoms with Crippen molar-refractivity contribution in [1.82, 2.24) is 10.0 Å². The van der Waals surface area contributed by atoms with Crippen LogP contribution in [0.2, 0.25) is 0 Å². The molecule has 0 bridgehead atoms. The minimum atomic E-state index is -3.39. The van der Waals surface area contributed by atoms with Crippen LogP contribution >= 0.6 is 12.4 Å². The Labute approximate surface area is 127 Å². The van der Waals surface area contributed by atoms with Crippen LogP contribution in [-0.2, 0) is 21.2 Å². The fourth-order valence-electron chi connectivity index (χ4n) is 1.61. The number of hydrogen-bond donors (Lipinski definition) is 2. The number of methoxy groups -OCH3 is 1. The minimum absolute atomic E-state index is 0. The molecule has 0 fully saturated rings. The molecule has 1 rings (SSSR count). The molecule has 0 unspecified atom stereocenters. The molecule has 0 saturated heterocycles. The minimum Gasteiger partial charge on any atom is -0.384 e. The van der Waals surface area contributed by atoms with Gasteiger partial charge in [0, 0.05) is 13.7 Å². The van der Waals surface area contributed by atoms with Gasteiger partial charge in [0.15, 0.2) is 0 Å². The van der Waals surface area contributed by atoms with Crippen LogP contribution in [0, 0.1) is 0 Å². The maximum Gasteiger partial charge on any atom is 0.240 e. The lowest BCUT2D eigenvalue weighted by Gasteiger charge is -2.07. The number of nitrogens with one attached hydrogen (secondary N) is 2. The normalized spacial score (nSPS) is 11.1. The summed E-state index contributed by atoms with van der Waals surface area (Å²) in [6.07, 6.45) is 1.55. The lowest BCUT2D eigenvalue weighted by atomic mass is 10.2. The van der Waals surface area contributed by atoms with Gasteiger partial charge in [-0.2, -0.15) is 0 Å². The Bertz CT molecular complexity index is 463. The third-order valence-corrected chi connectivity index (χ3v) is 4.20. The van der Waals surface area contributed by atoms with Gasteiger partial charge in [-0.05, 0) is 44.1 Å². The molecule has 0 aliphatic carbocycles. The zero-order chi connectivity index (χ0) is 14.1. The quantitative estimate of drug-likeness (QED) is 0.670. The highest BCUT2D eigenvalue weighted by Crippen LogP contribution is 2.11. The Morgan fingerprint density at radius 1 is 1.15 bits per heavy atom. The predicted octanol–water partition coefficient (Wildman–Crippen LogP) is 1.19. The third-order valence-electron chi connectivity index (χ3n) is 2.72.